The van der Waals surface area contributed by atoms with Gasteiger partial charge in [-0.1, -0.05) is 35.5 Å². The summed E-state index contributed by atoms with van der Waals surface area (Å²) in [6.07, 6.45) is 2.05. The van der Waals surface area contributed by atoms with E-state index in [1.807, 2.05) is 30.3 Å². The van der Waals surface area contributed by atoms with Crippen molar-refractivity contribution in [2.45, 2.75) is 11.6 Å². The highest BCUT2D eigenvalue weighted by Crippen LogP contribution is 2.15. The number of halogens is 1. The number of nitrogen functional groups attached to an aromatic ring is 1. The van der Waals surface area contributed by atoms with Gasteiger partial charge in [-0.25, -0.2) is 9.97 Å². The topological polar surface area (TPSA) is 105 Å². The molecule has 2 aromatic rings. The Balaban J connectivity index is 1.75. The third-order valence-electron chi connectivity index (χ3n) is 2.87. The van der Waals surface area contributed by atoms with Crippen LogP contribution in [0, 0.1) is 11.3 Å². The van der Waals surface area contributed by atoms with E-state index in [4.69, 9.17) is 22.6 Å². The Morgan fingerprint density at radius 1 is 1.48 bits per heavy atom. The summed E-state index contributed by atoms with van der Waals surface area (Å²) in [5, 5.41) is 12.6. The fourth-order valence-electron chi connectivity index (χ4n) is 1.75. The first-order chi connectivity index (χ1) is 11.1. The molecule has 0 saturated heterocycles. The van der Waals surface area contributed by atoms with E-state index in [1.165, 1.54) is 18.0 Å². The average molecular weight is 348 g/mol. The maximum absolute atomic E-state index is 11.8. The van der Waals surface area contributed by atoms with Gasteiger partial charge in [0.2, 0.25) is 5.91 Å². The van der Waals surface area contributed by atoms with Gasteiger partial charge in [-0.15, -0.1) is 0 Å². The van der Waals surface area contributed by atoms with Crippen LogP contribution in [0.15, 0.2) is 35.6 Å². The molecule has 0 unspecified atom stereocenters. The van der Waals surface area contributed by atoms with E-state index in [0.29, 0.717) is 23.1 Å². The first-order valence-electron chi connectivity index (χ1n) is 6.75. The molecule has 23 heavy (non-hydrogen) atoms. The summed E-state index contributed by atoms with van der Waals surface area (Å²) >= 11 is 7.07. The standard InChI is InChI=1S/C15H14ClN5OS/c16-12-3-1-2-10(6-12)4-5-19-13(22)9-23-15-20-8-11(7-17)14(18)21-15/h1-3,6,8H,4-5,9H2,(H,19,22)(H2,18,20,21). The number of thioether (sulfide) groups is 1. The summed E-state index contributed by atoms with van der Waals surface area (Å²) in [7, 11) is 0. The minimum absolute atomic E-state index is 0.117. The highest BCUT2D eigenvalue weighted by molar-refractivity contribution is 7.99. The van der Waals surface area contributed by atoms with Crippen molar-refractivity contribution in [3.05, 3.63) is 46.6 Å². The lowest BCUT2D eigenvalue weighted by Gasteiger charge is -2.05. The van der Waals surface area contributed by atoms with Gasteiger partial charge in [-0.3, -0.25) is 4.79 Å². The van der Waals surface area contributed by atoms with Crippen LogP contribution < -0.4 is 11.1 Å². The Morgan fingerprint density at radius 3 is 3.00 bits per heavy atom. The van der Waals surface area contributed by atoms with E-state index in [0.717, 1.165) is 5.56 Å². The molecule has 0 fully saturated rings. The summed E-state index contributed by atoms with van der Waals surface area (Å²) in [5.74, 6) is 0.177. The molecule has 0 aliphatic carbocycles. The molecule has 118 valence electrons. The molecule has 1 aromatic heterocycles. The average Bonchev–Trinajstić information content (AvgIpc) is 2.53. The van der Waals surface area contributed by atoms with Crippen LogP contribution in [0.2, 0.25) is 5.02 Å². The van der Waals surface area contributed by atoms with Crippen LogP contribution in [0.4, 0.5) is 5.82 Å². The number of anilines is 1. The van der Waals surface area contributed by atoms with Crippen molar-refractivity contribution in [1.29, 1.82) is 5.26 Å². The summed E-state index contributed by atoms with van der Waals surface area (Å²) in [6.45, 7) is 0.524. The summed E-state index contributed by atoms with van der Waals surface area (Å²) in [4.78, 5) is 19.7. The van der Waals surface area contributed by atoms with Gasteiger partial charge in [-0.2, -0.15) is 5.26 Å². The number of nitrogens with two attached hydrogens (primary N) is 1. The maximum Gasteiger partial charge on any atom is 0.230 e. The zero-order valence-corrected chi connectivity index (χ0v) is 13.7. The minimum atomic E-state index is -0.122. The second-order valence-electron chi connectivity index (χ2n) is 4.58. The zero-order chi connectivity index (χ0) is 16.7. The molecule has 1 heterocycles. The maximum atomic E-state index is 11.8. The second kappa shape index (κ2) is 8.36. The van der Waals surface area contributed by atoms with Crippen molar-refractivity contribution in [2.24, 2.45) is 0 Å². The van der Waals surface area contributed by atoms with Crippen molar-refractivity contribution in [3.8, 4) is 6.07 Å². The number of hydrogen-bond donors (Lipinski definition) is 2. The van der Waals surface area contributed by atoms with Crippen molar-refractivity contribution in [1.82, 2.24) is 15.3 Å². The van der Waals surface area contributed by atoms with Crippen molar-refractivity contribution >= 4 is 35.1 Å². The number of amides is 1. The van der Waals surface area contributed by atoms with Crippen molar-refractivity contribution in [3.63, 3.8) is 0 Å². The number of nitrogens with one attached hydrogen (secondary N) is 1. The van der Waals surface area contributed by atoms with Gasteiger partial charge < -0.3 is 11.1 Å². The fraction of sp³-hybridized carbons (Fsp3) is 0.200. The number of nitriles is 1. The molecular formula is C15H14ClN5OS. The first kappa shape index (κ1) is 17.1. The smallest absolute Gasteiger partial charge is 0.230 e. The highest BCUT2D eigenvalue weighted by atomic mass is 35.5. The molecule has 1 aromatic carbocycles. The van der Waals surface area contributed by atoms with Crippen LogP contribution in [-0.2, 0) is 11.2 Å². The van der Waals surface area contributed by atoms with Gasteiger partial charge in [0.15, 0.2) is 5.16 Å². The summed E-state index contributed by atoms with van der Waals surface area (Å²) in [5.41, 5.74) is 6.88. The molecule has 8 heteroatoms. The number of nitrogens with zero attached hydrogens (tertiary/aromatic N) is 3. The number of aromatic nitrogens is 2. The number of benzene rings is 1. The van der Waals surface area contributed by atoms with Gasteiger partial charge in [0.25, 0.3) is 0 Å². The van der Waals surface area contributed by atoms with Crippen LogP contribution in [0.1, 0.15) is 11.1 Å². The van der Waals surface area contributed by atoms with Crippen molar-refractivity contribution in [2.75, 3.05) is 18.0 Å². The van der Waals surface area contributed by atoms with Gasteiger partial charge in [-0.05, 0) is 24.1 Å². The molecule has 3 N–H and O–H groups in total. The quantitative estimate of drug-likeness (QED) is 0.612. The van der Waals surface area contributed by atoms with Crippen LogP contribution in [0.5, 0.6) is 0 Å². The Kier molecular flexibility index (Phi) is 6.20. The molecule has 0 radical (unpaired) electrons. The van der Waals surface area contributed by atoms with E-state index in [-0.39, 0.29) is 23.0 Å². The normalized spacial score (nSPS) is 10.1. The molecule has 0 aliphatic rings. The molecule has 1 amide bonds. The zero-order valence-electron chi connectivity index (χ0n) is 12.1. The number of hydrogen-bond acceptors (Lipinski definition) is 6. The van der Waals surface area contributed by atoms with Gasteiger partial charge in [0.1, 0.15) is 17.5 Å². The monoisotopic (exact) mass is 347 g/mol. The molecule has 2 rings (SSSR count). The number of carbonyl (C=O) groups excluding carboxylic acids is 1. The van der Waals surface area contributed by atoms with E-state index in [1.54, 1.807) is 0 Å². The lowest BCUT2D eigenvalue weighted by atomic mass is 10.1. The summed E-state index contributed by atoms with van der Waals surface area (Å²) < 4.78 is 0. The van der Waals surface area contributed by atoms with Crippen LogP contribution in [0.25, 0.3) is 0 Å². The second-order valence-corrected chi connectivity index (χ2v) is 5.96. The lowest BCUT2D eigenvalue weighted by Crippen LogP contribution is -2.27. The third-order valence-corrected chi connectivity index (χ3v) is 3.97. The predicted molar refractivity (Wildman–Crippen MR) is 90.0 cm³/mol. The first-order valence-corrected chi connectivity index (χ1v) is 8.11. The van der Waals surface area contributed by atoms with Gasteiger partial charge in [0, 0.05) is 11.6 Å². The Hall–Kier alpha value is -2.30. The molecule has 0 saturated carbocycles. The third kappa shape index (κ3) is 5.43. The van der Waals surface area contributed by atoms with E-state index < -0.39 is 0 Å². The molecule has 0 aliphatic heterocycles. The van der Waals surface area contributed by atoms with E-state index in [2.05, 4.69) is 15.3 Å². The molecule has 0 spiro atoms. The van der Waals surface area contributed by atoms with Gasteiger partial charge in [0.05, 0.1) is 11.9 Å². The Bertz CT molecular complexity index is 747. The largest absolute Gasteiger partial charge is 0.382 e. The molecule has 6 nitrogen and oxygen atoms in total. The molecule has 0 atom stereocenters. The molecular weight excluding hydrogens is 334 g/mol. The van der Waals surface area contributed by atoms with Crippen LogP contribution in [0.3, 0.4) is 0 Å². The predicted octanol–water partition coefficient (Wildman–Crippen LogP) is 2.03. The van der Waals surface area contributed by atoms with Gasteiger partial charge >= 0.3 is 0 Å². The van der Waals surface area contributed by atoms with Crippen LogP contribution in [-0.4, -0.2) is 28.2 Å². The van der Waals surface area contributed by atoms with E-state index >= 15 is 0 Å². The fourth-order valence-corrected chi connectivity index (χ4v) is 2.62. The molecule has 0 bridgehead atoms. The number of carbonyl (C=O) groups is 1. The van der Waals surface area contributed by atoms with E-state index in [9.17, 15) is 4.79 Å². The van der Waals surface area contributed by atoms with Crippen molar-refractivity contribution < 1.29 is 4.79 Å². The Morgan fingerprint density at radius 2 is 2.30 bits per heavy atom. The Labute approximate surface area is 143 Å². The lowest BCUT2D eigenvalue weighted by molar-refractivity contribution is -0.118. The highest BCUT2D eigenvalue weighted by Gasteiger charge is 2.07. The summed E-state index contributed by atoms with van der Waals surface area (Å²) in [6, 6.07) is 9.40. The number of rotatable bonds is 6. The SMILES string of the molecule is N#Cc1cnc(SCC(=O)NCCc2cccc(Cl)c2)nc1N. The minimum Gasteiger partial charge on any atom is -0.382 e. The van der Waals surface area contributed by atoms with Crippen LogP contribution >= 0.6 is 23.4 Å².